The lowest BCUT2D eigenvalue weighted by atomic mass is 10.0. The van der Waals surface area contributed by atoms with Crippen molar-refractivity contribution >= 4 is 0 Å². The van der Waals surface area contributed by atoms with E-state index < -0.39 is 0 Å². The largest absolute Gasteiger partial charge is 0.0891 e. The van der Waals surface area contributed by atoms with Gasteiger partial charge in [-0.2, -0.15) is 0 Å². The Kier molecular flexibility index (Phi) is 5.63. The van der Waals surface area contributed by atoms with Crippen molar-refractivity contribution in [3.63, 3.8) is 0 Å². The van der Waals surface area contributed by atoms with Gasteiger partial charge in [-0.25, -0.2) is 0 Å². The molecule has 0 saturated carbocycles. The van der Waals surface area contributed by atoms with Gasteiger partial charge < -0.3 is 0 Å². The highest BCUT2D eigenvalue weighted by atomic mass is 14.0. The summed E-state index contributed by atoms with van der Waals surface area (Å²) in [5, 5.41) is 0. The molecule has 0 nitrogen and oxygen atoms in total. The standard InChI is InChI=1S/C15H19/c1-3-5-7-9-15-12-10-14(11-13-15)8-6-4-2/h10-13H,4-9H2,2H3. The van der Waals surface area contributed by atoms with Crippen LogP contribution < -0.4 is 0 Å². The van der Waals surface area contributed by atoms with E-state index in [1.165, 1.54) is 30.4 Å². The lowest BCUT2D eigenvalue weighted by molar-refractivity contribution is 0.793. The zero-order chi connectivity index (χ0) is 10.9. The summed E-state index contributed by atoms with van der Waals surface area (Å²) in [5.41, 5.74) is 2.82. The summed E-state index contributed by atoms with van der Waals surface area (Å²) in [6.45, 7) is 2.22. The minimum atomic E-state index is 0.775. The van der Waals surface area contributed by atoms with Crippen molar-refractivity contribution in [2.24, 2.45) is 0 Å². The predicted molar refractivity (Wildman–Crippen MR) is 65.1 cm³/mol. The Balaban J connectivity index is 2.39. The van der Waals surface area contributed by atoms with E-state index in [1.54, 1.807) is 0 Å². The van der Waals surface area contributed by atoms with Gasteiger partial charge >= 0.3 is 0 Å². The Hall–Kier alpha value is -1.22. The third-order valence-electron chi connectivity index (χ3n) is 2.61. The lowest BCUT2D eigenvalue weighted by Gasteiger charge is -2.02. The summed E-state index contributed by atoms with van der Waals surface area (Å²) in [4.78, 5) is 0. The Bertz CT molecular complexity index is 300. The van der Waals surface area contributed by atoms with Gasteiger partial charge in [-0.3, -0.25) is 0 Å². The van der Waals surface area contributed by atoms with Gasteiger partial charge in [-0.05, 0) is 43.2 Å². The van der Waals surface area contributed by atoms with E-state index in [0.29, 0.717) is 0 Å². The summed E-state index contributed by atoms with van der Waals surface area (Å²) >= 11 is 0. The van der Waals surface area contributed by atoms with Crippen LogP contribution in [-0.4, -0.2) is 0 Å². The highest BCUT2D eigenvalue weighted by Gasteiger charge is 1.94. The zero-order valence-electron chi connectivity index (χ0n) is 9.55. The summed E-state index contributed by atoms with van der Waals surface area (Å²) in [6, 6.07) is 8.90. The molecule has 0 heterocycles. The van der Waals surface area contributed by atoms with Gasteiger partial charge in [0, 0.05) is 6.42 Å². The van der Waals surface area contributed by atoms with Gasteiger partial charge in [-0.1, -0.05) is 43.5 Å². The molecule has 15 heavy (non-hydrogen) atoms. The van der Waals surface area contributed by atoms with E-state index in [2.05, 4.69) is 37.1 Å². The highest BCUT2D eigenvalue weighted by molar-refractivity contribution is 5.22. The van der Waals surface area contributed by atoms with Gasteiger partial charge in [0.2, 0.25) is 0 Å². The first-order valence-corrected chi connectivity index (χ1v) is 5.84. The van der Waals surface area contributed by atoms with Gasteiger partial charge in [0.15, 0.2) is 0 Å². The quantitative estimate of drug-likeness (QED) is 0.481. The van der Waals surface area contributed by atoms with Crippen LogP contribution >= 0.6 is 0 Å². The summed E-state index contributed by atoms with van der Waals surface area (Å²) < 4.78 is 0. The topological polar surface area (TPSA) is 0 Å². The van der Waals surface area contributed by atoms with Gasteiger partial charge in [0.05, 0.1) is 0 Å². The van der Waals surface area contributed by atoms with Crippen LogP contribution in [0.2, 0.25) is 0 Å². The van der Waals surface area contributed by atoms with E-state index in [1.807, 2.05) is 0 Å². The third-order valence-corrected chi connectivity index (χ3v) is 2.61. The van der Waals surface area contributed by atoms with Crippen LogP contribution in [0.15, 0.2) is 24.3 Å². The van der Waals surface area contributed by atoms with Gasteiger partial charge in [0.25, 0.3) is 0 Å². The maximum Gasteiger partial charge on any atom is 0.0102 e. The van der Waals surface area contributed by atoms with Crippen LogP contribution in [0, 0.1) is 12.3 Å². The Morgan fingerprint density at radius 1 is 1.00 bits per heavy atom. The van der Waals surface area contributed by atoms with E-state index in [0.717, 1.165) is 19.3 Å². The number of aryl methyl sites for hydroxylation is 2. The van der Waals surface area contributed by atoms with Crippen molar-refractivity contribution in [1.29, 1.82) is 0 Å². The molecule has 1 aromatic carbocycles. The second-order valence-electron chi connectivity index (χ2n) is 3.95. The number of benzene rings is 1. The third kappa shape index (κ3) is 4.70. The Morgan fingerprint density at radius 3 is 2.00 bits per heavy atom. The molecule has 0 atom stereocenters. The van der Waals surface area contributed by atoms with Crippen molar-refractivity contribution in [2.75, 3.05) is 0 Å². The molecule has 1 aromatic rings. The van der Waals surface area contributed by atoms with Crippen molar-refractivity contribution in [3.05, 3.63) is 41.8 Å². The maximum absolute atomic E-state index is 6.83. The number of hydrogen-bond acceptors (Lipinski definition) is 0. The van der Waals surface area contributed by atoms with Crippen LogP contribution in [0.3, 0.4) is 0 Å². The fraction of sp³-hybridized carbons (Fsp3) is 0.467. The first-order chi connectivity index (χ1) is 7.36. The summed E-state index contributed by atoms with van der Waals surface area (Å²) in [6.07, 6.45) is 13.5. The average molecular weight is 199 g/mol. The normalized spacial score (nSPS) is 9.87. The van der Waals surface area contributed by atoms with Crippen molar-refractivity contribution in [3.8, 4) is 5.92 Å². The van der Waals surface area contributed by atoms with E-state index in [-0.39, 0.29) is 0 Å². The molecule has 0 aliphatic heterocycles. The minimum absolute atomic E-state index is 0.775. The second-order valence-corrected chi connectivity index (χ2v) is 3.95. The van der Waals surface area contributed by atoms with Crippen LogP contribution in [0.5, 0.6) is 0 Å². The maximum atomic E-state index is 6.83. The molecule has 0 fully saturated rings. The van der Waals surface area contributed by atoms with E-state index in [9.17, 15) is 0 Å². The van der Waals surface area contributed by atoms with Crippen molar-refractivity contribution < 1.29 is 0 Å². The smallest absolute Gasteiger partial charge is 0.0102 e. The fourth-order valence-corrected chi connectivity index (χ4v) is 1.63. The Labute approximate surface area is 93.7 Å². The molecule has 0 N–H and O–H groups in total. The first-order valence-electron chi connectivity index (χ1n) is 5.84. The zero-order valence-corrected chi connectivity index (χ0v) is 9.55. The van der Waals surface area contributed by atoms with Crippen molar-refractivity contribution in [2.45, 2.75) is 45.4 Å². The van der Waals surface area contributed by atoms with Crippen LogP contribution in [-0.2, 0) is 12.8 Å². The lowest BCUT2D eigenvalue weighted by Crippen LogP contribution is -1.88. The Morgan fingerprint density at radius 2 is 1.53 bits per heavy atom. The van der Waals surface area contributed by atoms with Crippen LogP contribution in [0.1, 0.15) is 43.7 Å². The summed E-state index contributed by atoms with van der Waals surface area (Å²) in [7, 11) is 0. The molecule has 1 rings (SSSR count). The molecule has 0 heteroatoms. The van der Waals surface area contributed by atoms with Crippen LogP contribution in [0.25, 0.3) is 0 Å². The fourth-order valence-electron chi connectivity index (χ4n) is 1.63. The first kappa shape index (κ1) is 11.9. The molecular weight excluding hydrogens is 180 g/mol. The molecule has 1 radical (unpaired) electrons. The van der Waals surface area contributed by atoms with Gasteiger partial charge in [-0.15, -0.1) is 0 Å². The molecule has 0 amide bonds. The van der Waals surface area contributed by atoms with Crippen LogP contribution in [0.4, 0.5) is 0 Å². The summed E-state index contributed by atoms with van der Waals surface area (Å²) in [5.74, 6) is 2.43. The van der Waals surface area contributed by atoms with E-state index in [4.69, 9.17) is 6.42 Å². The average Bonchev–Trinajstić information content (AvgIpc) is 2.28. The SMILES string of the molecule is [C]#CCCCc1ccc(CCCC)cc1. The highest BCUT2D eigenvalue weighted by Crippen LogP contribution is 2.10. The molecular formula is C15H19. The molecule has 0 spiro atoms. The van der Waals surface area contributed by atoms with E-state index >= 15 is 0 Å². The molecule has 0 saturated heterocycles. The van der Waals surface area contributed by atoms with Crippen molar-refractivity contribution in [1.82, 2.24) is 0 Å². The van der Waals surface area contributed by atoms with Gasteiger partial charge in [0.1, 0.15) is 0 Å². The number of hydrogen-bond donors (Lipinski definition) is 0. The molecule has 0 bridgehead atoms. The molecule has 0 aliphatic carbocycles. The number of rotatable bonds is 6. The molecule has 79 valence electrons. The second kappa shape index (κ2) is 7.12. The molecule has 0 aliphatic rings. The minimum Gasteiger partial charge on any atom is -0.0891 e. The predicted octanol–water partition coefficient (Wildman–Crippen LogP) is 3.94. The number of unbranched alkanes of at least 4 members (excludes halogenated alkanes) is 2. The molecule has 0 aromatic heterocycles. The monoisotopic (exact) mass is 199 g/mol. The molecule has 0 unspecified atom stereocenters.